The fourth-order valence-electron chi connectivity index (χ4n) is 3.57. The van der Waals surface area contributed by atoms with Crippen molar-refractivity contribution in [1.29, 1.82) is 0 Å². The molecule has 6 heteroatoms. The predicted octanol–water partition coefficient (Wildman–Crippen LogP) is 5.18. The van der Waals surface area contributed by atoms with Gasteiger partial charge >= 0.3 is 0 Å². The lowest BCUT2D eigenvalue weighted by atomic mass is 10.1. The highest BCUT2D eigenvalue weighted by Crippen LogP contribution is 2.39. The van der Waals surface area contributed by atoms with Crippen LogP contribution in [0.1, 0.15) is 37.1 Å². The van der Waals surface area contributed by atoms with E-state index in [-0.39, 0.29) is 6.54 Å². The van der Waals surface area contributed by atoms with E-state index in [1.807, 2.05) is 66.7 Å². The van der Waals surface area contributed by atoms with Crippen LogP contribution in [0.2, 0.25) is 0 Å². The largest absolute Gasteiger partial charge is 0.494 e. The second-order valence-electron chi connectivity index (χ2n) is 7.35. The number of anilines is 1. The average molecular weight is 423 g/mol. The van der Waals surface area contributed by atoms with Crippen molar-refractivity contribution in [1.82, 2.24) is 4.31 Å². The first-order valence-electron chi connectivity index (χ1n) is 10.2. The van der Waals surface area contributed by atoms with Crippen molar-refractivity contribution in [2.45, 2.75) is 37.4 Å². The summed E-state index contributed by atoms with van der Waals surface area (Å²) in [7, 11) is -3.67. The van der Waals surface area contributed by atoms with E-state index in [1.54, 1.807) is 12.1 Å². The lowest BCUT2D eigenvalue weighted by molar-refractivity contribution is 0.308. The molecular formula is C24H26N2O3S. The Bertz CT molecular complexity index is 1080. The standard InChI is InChI=1S/C24H26N2O3S/c1-2-3-17-29-21-15-13-20(14-16-21)24-25-22-11-7-8-12-23(22)30(27,28)26(24)18-19-9-5-4-6-10-19/h4-16,24-25H,2-3,17-18H2,1H3/t24-/m1/s1. The Labute approximate surface area is 178 Å². The molecule has 0 amide bonds. The molecule has 156 valence electrons. The second kappa shape index (κ2) is 8.90. The summed E-state index contributed by atoms with van der Waals surface area (Å²) in [6, 6.07) is 24.4. The van der Waals surface area contributed by atoms with Gasteiger partial charge in [-0.15, -0.1) is 0 Å². The normalized spacial score (nSPS) is 17.7. The highest BCUT2D eigenvalue weighted by atomic mass is 32.2. The molecule has 0 fully saturated rings. The minimum absolute atomic E-state index is 0.282. The van der Waals surface area contributed by atoms with Crippen LogP contribution in [0.25, 0.3) is 0 Å². The third-order valence-corrected chi connectivity index (χ3v) is 7.07. The number of fused-ring (bicyclic) bond motifs is 1. The Morgan fingerprint density at radius 2 is 1.63 bits per heavy atom. The lowest BCUT2D eigenvalue weighted by Crippen LogP contribution is -2.42. The van der Waals surface area contributed by atoms with Crippen LogP contribution < -0.4 is 10.1 Å². The van der Waals surface area contributed by atoms with E-state index in [0.29, 0.717) is 17.2 Å². The van der Waals surface area contributed by atoms with E-state index < -0.39 is 16.2 Å². The molecule has 1 atom stereocenters. The Morgan fingerprint density at radius 1 is 0.933 bits per heavy atom. The maximum absolute atomic E-state index is 13.5. The molecule has 0 aromatic heterocycles. The van der Waals surface area contributed by atoms with Gasteiger partial charge in [0.2, 0.25) is 10.0 Å². The average Bonchev–Trinajstić information content (AvgIpc) is 2.77. The molecule has 0 saturated carbocycles. The molecule has 0 unspecified atom stereocenters. The van der Waals surface area contributed by atoms with Gasteiger partial charge < -0.3 is 10.1 Å². The Morgan fingerprint density at radius 3 is 2.37 bits per heavy atom. The van der Waals surface area contributed by atoms with Crippen LogP contribution in [-0.2, 0) is 16.6 Å². The van der Waals surface area contributed by atoms with Gasteiger partial charge in [0.15, 0.2) is 0 Å². The van der Waals surface area contributed by atoms with Gasteiger partial charge in [-0.1, -0.05) is 67.9 Å². The smallest absolute Gasteiger partial charge is 0.247 e. The summed E-state index contributed by atoms with van der Waals surface area (Å²) >= 11 is 0. The predicted molar refractivity (Wildman–Crippen MR) is 119 cm³/mol. The SMILES string of the molecule is CCCCOc1ccc([C@@H]2Nc3ccccc3S(=O)(=O)N2Cc2ccccc2)cc1. The number of nitrogens with one attached hydrogen (secondary N) is 1. The zero-order valence-electron chi connectivity index (χ0n) is 17.0. The van der Waals surface area contributed by atoms with Gasteiger partial charge in [-0.25, -0.2) is 8.42 Å². The Balaban J connectivity index is 1.69. The van der Waals surface area contributed by atoms with Crippen LogP contribution in [0.5, 0.6) is 5.75 Å². The van der Waals surface area contributed by atoms with Crippen LogP contribution in [0, 0.1) is 0 Å². The summed E-state index contributed by atoms with van der Waals surface area (Å²) in [5, 5.41) is 3.42. The Hall–Kier alpha value is -2.83. The molecule has 0 spiro atoms. The van der Waals surface area contributed by atoms with E-state index in [0.717, 1.165) is 29.7 Å². The fourth-order valence-corrected chi connectivity index (χ4v) is 5.24. The number of rotatable bonds is 7. The second-order valence-corrected chi connectivity index (χ2v) is 9.21. The van der Waals surface area contributed by atoms with Crippen molar-refractivity contribution in [3.8, 4) is 5.75 Å². The third-order valence-electron chi connectivity index (χ3n) is 5.20. The maximum Gasteiger partial charge on any atom is 0.247 e. The van der Waals surface area contributed by atoms with Crippen molar-refractivity contribution in [3.63, 3.8) is 0 Å². The number of unbranched alkanes of at least 4 members (excludes halogenated alkanes) is 1. The van der Waals surface area contributed by atoms with Gasteiger partial charge in [0, 0.05) is 6.54 Å². The Kier molecular flexibility index (Phi) is 6.06. The van der Waals surface area contributed by atoms with Gasteiger partial charge in [0.05, 0.1) is 12.3 Å². The number of nitrogens with zero attached hydrogens (tertiary/aromatic N) is 1. The topological polar surface area (TPSA) is 58.6 Å². The first-order valence-corrected chi connectivity index (χ1v) is 11.7. The molecular weight excluding hydrogens is 396 g/mol. The van der Waals surface area contributed by atoms with Crippen LogP contribution in [0.15, 0.2) is 83.8 Å². The number of benzene rings is 3. The molecule has 4 rings (SSSR count). The zero-order chi connectivity index (χ0) is 21.0. The van der Waals surface area contributed by atoms with Gasteiger partial charge in [0.1, 0.15) is 16.8 Å². The van der Waals surface area contributed by atoms with E-state index >= 15 is 0 Å². The molecule has 5 nitrogen and oxygen atoms in total. The molecule has 0 radical (unpaired) electrons. The summed E-state index contributed by atoms with van der Waals surface area (Å²) in [5.41, 5.74) is 2.42. The first kappa shape index (κ1) is 20.4. The molecule has 3 aromatic carbocycles. The van der Waals surface area contributed by atoms with E-state index in [4.69, 9.17) is 4.74 Å². The van der Waals surface area contributed by atoms with E-state index in [2.05, 4.69) is 12.2 Å². The molecule has 1 aliphatic rings. The fraction of sp³-hybridized carbons (Fsp3) is 0.250. The minimum atomic E-state index is -3.67. The highest BCUT2D eigenvalue weighted by Gasteiger charge is 2.38. The summed E-state index contributed by atoms with van der Waals surface area (Å²) in [5.74, 6) is 0.792. The van der Waals surface area contributed by atoms with Crippen molar-refractivity contribution < 1.29 is 13.2 Å². The summed E-state index contributed by atoms with van der Waals surface area (Å²) in [6.45, 7) is 3.09. The first-order chi connectivity index (χ1) is 14.6. The molecule has 3 aromatic rings. The summed E-state index contributed by atoms with van der Waals surface area (Å²) < 4.78 is 34.3. The van der Waals surface area contributed by atoms with Crippen molar-refractivity contribution in [2.24, 2.45) is 0 Å². The quantitative estimate of drug-likeness (QED) is 0.533. The number of hydrogen-bond donors (Lipinski definition) is 1. The van der Waals surface area contributed by atoms with Crippen LogP contribution in [0.3, 0.4) is 0 Å². The van der Waals surface area contributed by atoms with Crippen molar-refractivity contribution in [2.75, 3.05) is 11.9 Å². The van der Waals surface area contributed by atoms with Crippen LogP contribution >= 0.6 is 0 Å². The number of ether oxygens (including phenoxy) is 1. The molecule has 30 heavy (non-hydrogen) atoms. The van der Waals surface area contributed by atoms with Gasteiger partial charge in [-0.2, -0.15) is 4.31 Å². The monoisotopic (exact) mass is 422 g/mol. The van der Waals surface area contributed by atoms with E-state index in [9.17, 15) is 8.42 Å². The van der Waals surface area contributed by atoms with Gasteiger partial charge in [0.25, 0.3) is 0 Å². The zero-order valence-corrected chi connectivity index (χ0v) is 17.8. The highest BCUT2D eigenvalue weighted by molar-refractivity contribution is 7.89. The molecule has 1 aliphatic heterocycles. The van der Waals surface area contributed by atoms with Gasteiger partial charge in [-0.3, -0.25) is 0 Å². The molecule has 0 saturated heterocycles. The maximum atomic E-state index is 13.5. The molecule has 1 heterocycles. The summed E-state index contributed by atoms with van der Waals surface area (Å²) in [6.07, 6.45) is 1.58. The number of hydrogen-bond acceptors (Lipinski definition) is 4. The molecule has 0 bridgehead atoms. The molecule has 1 N–H and O–H groups in total. The van der Waals surface area contributed by atoms with Crippen LogP contribution in [0.4, 0.5) is 5.69 Å². The van der Waals surface area contributed by atoms with Crippen molar-refractivity contribution >= 4 is 15.7 Å². The number of sulfonamides is 1. The van der Waals surface area contributed by atoms with Crippen LogP contribution in [-0.4, -0.2) is 19.3 Å². The van der Waals surface area contributed by atoms with Crippen molar-refractivity contribution in [3.05, 3.63) is 90.0 Å². The van der Waals surface area contributed by atoms with E-state index in [1.165, 1.54) is 4.31 Å². The summed E-state index contributed by atoms with van der Waals surface area (Å²) in [4.78, 5) is 0.303. The minimum Gasteiger partial charge on any atom is -0.494 e. The third kappa shape index (κ3) is 4.20. The number of para-hydroxylation sites is 1. The lowest BCUT2D eigenvalue weighted by Gasteiger charge is -2.37. The molecule has 0 aliphatic carbocycles. The van der Waals surface area contributed by atoms with Gasteiger partial charge in [-0.05, 0) is 41.8 Å².